The highest BCUT2D eigenvalue weighted by Gasteiger charge is 2.57. The zero-order valence-corrected chi connectivity index (χ0v) is 30.0. The number of nitrogens with zero attached hydrogens (tertiary/aromatic N) is 2. The van der Waals surface area contributed by atoms with E-state index in [1.54, 1.807) is 31.2 Å². The number of sulfonamides is 1. The fourth-order valence-corrected chi connectivity index (χ4v) is 8.71. The number of aliphatic hydroxyl groups excluding tert-OH is 1. The molecule has 12 nitrogen and oxygen atoms in total. The number of hydrogen-bond acceptors (Lipinski definition) is 10. The van der Waals surface area contributed by atoms with E-state index in [9.17, 15) is 23.1 Å². The first kappa shape index (κ1) is 36.1. The summed E-state index contributed by atoms with van der Waals surface area (Å²) in [6.07, 6.45) is 1.63. The van der Waals surface area contributed by atoms with Crippen LogP contribution in [0.4, 0.5) is 5.69 Å². The Morgan fingerprint density at radius 2 is 1.92 bits per heavy atom. The predicted octanol–water partition coefficient (Wildman–Crippen LogP) is 2.74. The monoisotopic (exact) mass is 685 g/mol. The summed E-state index contributed by atoms with van der Waals surface area (Å²) >= 11 is 0. The van der Waals surface area contributed by atoms with Gasteiger partial charge in [-0.25, -0.2) is 13.1 Å². The molecule has 0 radical (unpaired) electrons. The number of ether oxygens (including phenoxy) is 1. The Kier molecular flexibility index (Phi) is 10.2. The van der Waals surface area contributed by atoms with Gasteiger partial charge in [0.25, 0.3) is 5.91 Å². The molecule has 2 unspecified atom stereocenters. The van der Waals surface area contributed by atoms with Crippen molar-refractivity contribution in [3.8, 4) is 16.9 Å². The molecule has 48 heavy (non-hydrogen) atoms. The quantitative estimate of drug-likeness (QED) is 0.277. The molecule has 3 aliphatic carbocycles. The van der Waals surface area contributed by atoms with E-state index < -0.39 is 40.1 Å². The standard InChI is InChI=1S/C35H51N5O7S/c1-19-27-15-24(35(27,3)4)16-28(19)37-34(43)31-30(20(2)41)29(17-36)47-40(31)18-21-10-9-11-26(32(21)46-7)22-12-23(14-25(13-22)39(5)6)33(42)38-48(8,44)45/h9-14,19-20,24,27-31,41H,15-18,36H2,1-8H3,(H,37,43)(H,38,42)/t19-,20?,24+,27-,28-,29-,30?,31-/m0/s1. The van der Waals surface area contributed by atoms with Crippen molar-refractivity contribution in [3.63, 3.8) is 0 Å². The fraction of sp³-hybridized carbons (Fsp3) is 0.600. The highest BCUT2D eigenvalue weighted by Crippen LogP contribution is 2.61. The van der Waals surface area contributed by atoms with Crippen LogP contribution in [0.2, 0.25) is 0 Å². The average molecular weight is 686 g/mol. The number of carbonyl (C=O) groups excluding carboxylic acids is 2. The minimum Gasteiger partial charge on any atom is -0.496 e. The van der Waals surface area contributed by atoms with Gasteiger partial charge in [-0.2, -0.15) is 5.06 Å². The van der Waals surface area contributed by atoms with Crippen molar-refractivity contribution in [2.45, 2.75) is 71.4 Å². The molecule has 1 aliphatic heterocycles. The van der Waals surface area contributed by atoms with Gasteiger partial charge in [0.15, 0.2) is 0 Å². The molecule has 4 aliphatic rings. The van der Waals surface area contributed by atoms with Crippen LogP contribution in [-0.4, -0.2) is 88.7 Å². The number of rotatable bonds is 11. The Hall–Kier alpha value is -3.23. The van der Waals surface area contributed by atoms with E-state index >= 15 is 0 Å². The maximum absolute atomic E-state index is 14.2. The molecule has 1 heterocycles. The van der Waals surface area contributed by atoms with Crippen molar-refractivity contribution in [2.75, 3.05) is 38.9 Å². The molecule has 4 fully saturated rings. The van der Waals surface area contributed by atoms with Gasteiger partial charge in [0, 0.05) is 55.0 Å². The molecule has 13 heteroatoms. The van der Waals surface area contributed by atoms with Gasteiger partial charge >= 0.3 is 0 Å². The van der Waals surface area contributed by atoms with Crippen LogP contribution in [-0.2, 0) is 26.2 Å². The van der Waals surface area contributed by atoms with Crippen molar-refractivity contribution >= 4 is 27.5 Å². The fourth-order valence-electron chi connectivity index (χ4n) is 8.26. The minimum absolute atomic E-state index is 0.0404. The van der Waals surface area contributed by atoms with Gasteiger partial charge in [-0.15, -0.1) is 0 Å². The molecule has 2 aromatic rings. The number of aliphatic hydroxyl groups is 1. The van der Waals surface area contributed by atoms with Gasteiger partial charge in [0.05, 0.1) is 32.1 Å². The Labute approximate surface area is 284 Å². The molecule has 2 bridgehead atoms. The van der Waals surface area contributed by atoms with E-state index in [0.717, 1.165) is 12.7 Å². The van der Waals surface area contributed by atoms with E-state index in [4.69, 9.17) is 15.3 Å². The number of fused-ring (bicyclic) bond motifs is 2. The summed E-state index contributed by atoms with van der Waals surface area (Å²) in [7, 11) is 1.41. The molecule has 0 spiro atoms. The second-order valence-electron chi connectivity index (χ2n) is 14.7. The largest absolute Gasteiger partial charge is 0.496 e. The summed E-state index contributed by atoms with van der Waals surface area (Å²) in [6.45, 7) is 8.82. The third-order valence-corrected chi connectivity index (χ3v) is 11.6. The average Bonchev–Trinajstić information content (AvgIpc) is 3.39. The molecule has 1 saturated heterocycles. The van der Waals surface area contributed by atoms with Crippen molar-refractivity contribution in [1.29, 1.82) is 0 Å². The van der Waals surface area contributed by atoms with E-state index in [-0.39, 0.29) is 36.0 Å². The number of carbonyl (C=O) groups is 2. The maximum Gasteiger partial charge on any atom is 0.264 e. The first-order valence-corrected chi connectivity index (χ1v) is 18.5. The number of hydroxylamine groups is 2. The molecule has 8 atom stereocenters. The number of methoxy groups -OCH3 is 1. The Morgan fingerprint density at radius 1 is 1.21 bits per heavy atom. The summed E-state index contributed by atoms with van der Waals surface area (Å²) in [4.78, 5) is 35.2. The zero-order chi connectivity index (χ0) is 35.3. The summed E-state index contributed by atoms with van der Waals surface area (Å²) in [5, 5.41) is 15.9. The first-order valence-electron chi connectivity index (χ1n) is 16.6. The SMILES string of the molecule is COc1c(CN2O[C@@H](CN)C(C(C)O)[C@H]2C(=O)N[C@H]2C[C@H]3C[C@@H]([C@@H]2C)C3(C)C)cccc1-c1cc(C(=O)NS(C)(=O)=O)cc(N(C)C)c1. The molecule has 0 aromatic heterocycles. The van der Waals surface area contributed by atoms with Crippen molar-refractivity contribution < 1.29 is 32.7 Å². The van der Waals surface area contributed by atoms with Gasteiger partial charge in [-0.3, -0.25) is 14.4 Å². The van der Waals surface area contributed by atoms with E-state index in [1.807, 2.05) is 48.0 Å². The van der Waals surface area contributed by atoms with Gasteiger partial charge in [-0.1, -0.05) is 39.0 Å². The van der Waals surface area contributed by atoms with Crippen LogP contribution in [0.3, 0.4) is 0 Å². The van der Waals surface area contributed by atoms with Crippen molar-refractivity contribution in [2.24, 2.45) is 34.8 Å². The normalized spacial score (nSPS) is 28.7. The molecule has 2 aromatic carbocycles. The second kappa shape index (κ2) is 13.6. The van der Waals surface area contributed by atoms with Crippen LogP contribution in [0.15, 0.2) is 36.4 Å². The van der Waals surface area contributed by atoms with Crippen molar-refractivity contribution in [3.05, 3.63) is 47.5 Å². The summed E-state index contributed by atoms with van der Waals surface area (Å²) in [5.74, 6) is 0.461. The van der Waals surface area contributed by atoms with E-state index in [0.29, 0.717) is 45.9 Å². The van der Waals surface area contributed by atoms with Crippen LogP contribution in [0, 0.1) is 29.1 Å². The molecule has 264 valence electrons. The molecule has 5 N–H and O–H groups in total. The smallest absolute Gasteiger partial charge is 0.264 e. The van der Waals surface area contributed by atoms with Crippen LogP contribution in [0.5, 0.6) is 5.75 Å². The minimum atomic E-state index is -3.78. The lowest BCUT2D eigenvalue weighted by atomic mass is 9.45. The second-order valence-corrected chi connectivity index (χ2v) is 16.4. The summed E-state index contributed by atoms with van der Waals surface area (Å²) in [5.41, 5.74) is 9.24. The van der Waals surface area contributed by atoms with Crippen LogP contribution >= 0.6 is 0 Å². The van der Waals surface area contributed by atoms with E-state index in [2.05, 4.69) is 26.1 Å². The molecular formula is C35H51N5O7S. The lowest BCUT2D eigenvalue weighted by Crippen LogP contribution is -2.62. The molecule has 6 rings (SSSR count). The summed E-state index contributed by atoms with van der Waals surface area (Å²) < 4.78 is 31.6. The molecule has 3 saturated carbocycles. The highest BCUT2D eigenvalue weighted by molar-refractivity contribution is 7.89. The highest BCUT2D eigenvalue weighted by atomic mass is 32.2. The van der Waals surface area contributed by atoms with E-state index in [1.165, 1.54) is 6.42 Å². The number of para-hydroxylation sites is 1. The Bertz CT molecular complexity index is 1650. The number of anilines is 1. The van der Waals surface area contributed by atoms with Gasteiger partial charge in [0.2, 0.25) is 15.9 Å². The van der Waals surface area contributed by atoms with Gasteiger partial charge in [-0.05, 0) is 66.7 Å². The van der Waals surface area contributed by atoms with Gasteiger partial charge in [0.1, 0.15) is 11.8 Å². The Balaban J connectivity index is 1.47. The third kappa shape index (κ3) is 6.93. The number of nitrogens with one attached hydrogen (secondary N) is 2. The molecular weight excluding hydrogens is 634 g/mol. The van der Waals surface area contributed by atoms with Crippen molar-refractivity contribution in [1.82, 2.24) is 15.1 Å². The third-order valence-electron chi connectivity index (χ3n) is 11.0. The van der Waals surface area contributed by atoms with Crippen LogP contribution in [0.1, 0.15) is 56.5 Å². The summed E-state index contributed by atoms with van der Waals surface area (Å²) in [6, 6.07) is 9.93. The number of benzene rings is 2. The number of amides is 2. The molecule has 2 amide bonds. The van der Waals surface area contributed by atoms with Crippen LogP contribution < -0.4 is 25.4 Å². The maximum atomic E-state index is 14.2. The zero-order valence-electron chi connectivity index (χ0n) is 29.2. The van der Waals surface area contributed by atoms with Gasteiger partial charge < -0.3 is 25.8 Å². The predicted molar refractivity (Wildman–Crippen MR) is 185 cm³/mol. The lowest BCUT2D eigenvalue weighted by molar-refractivity contribution is -0.175. The number of hydrogen-bond donors (Lipinski definition) is 4. The van der Waals surface area contributed by atoms with Crippen LogP contribution in [0.25, 0.3) is 11.1 Å². The number of nitrogens with two attached hydrogens (primary N) is 1. The first-order chi connectivity index (χ1) is 22.5. The topological polar surface area (TPSA) is 164 Å². The Morgan fingerprint density at radius 3 is 2.48 bits per heavy atom. The lowest BCUT2D eigenvalue weighted by Gasteiger charge is -2.62.